The van der Waals surface area contributed by atoms with Crippen LogP contribution < -0.4 is 10.1 Å². The van der Waals surface area contributed by atoms with Gasteiger partial charge in [-0.15, -0.1) is 0 Å². The van der Waals surface area contributed by atoms with Crippen LogP contribution in [0.15, 0.2) is 78.9 Å². The zero-order chi connectivity index (χ0) is 28.3. The molecular weight excluding hydrogens is 508 g/mol. The third-order valence-corrected chi connectivity index (χ3v) is 6.37. The number of amides is 2. The van der Waals surface area contributed by atoms with E-state index in [2.05, 4.69) is 5.32 Å². The molecule has 0 bridgehead atoms. The fourth-order valence-corrected chi connectivity index (χ4v) is 4.38. The molecule has 2 atom stereocenters. The summed E-state index contributed by atoms with van der Waals surface area (Å²) in [5, 5.41) is 13.5. The number of halogens is 2. The Morgan fingerprint density at radius 1 is 1.05 bits per heavy atom. The Bertz CT molecular complexity index is 1420. The van der Waals surface area contributed by atoms with Crippen molar-refractivity contribution >= 4 is 23.3 Å². The van der Waals surface area contributed by atoms with E-state index >= 15 is 0 Å². The molecule has 0 fully saturated rings. The maximum absolute atomic E-state index is 14.7. The van der Waals surface area contributed by atoms with Gasteiger partial charge in [-0.25, -0.2) is 13.6 Å². The number of nitro benzene ring substituents is 1. The summed E-state index contributed by atoms with van der Waals surface area (Å²) in [6.45, 7) is 5.31. The van der Waals surface area contributed by atoms with Crippen molar-refractivity contribution < 1.29 is 28.0 Å². The summed E-state index contributed by atoms with van der Waals surface area (Å²) >= 11 is 0. The molecule has 1 N–H and O–H groups in total. The number of rotatable bonds is 6. The van der Waals surface area contributed by atoms with E-state index in [0.717, 1.165) is 23.8 Å². The van der Waals surface area contributed by atoms with Crippen LogP contribution in [-0.4, -0.2) is 34.4 Å². The zero-order valence-electron chi connectivity index (χ0n) is 21.6. The van der Waals surface area contributed by atoms with Gasteiger partial charge in [0.1, 0.15) is 23.4 Å². The van der Waals surface area contributed by atoms with Crippen molar-refractivity contribution in [3.63, 3.8) is 0 Å². The predicted octanol–water partition coefficient (Wildman–Crippen LogP) is 6.04. The van der Waals surface area contributed by atoms with Gasteiger partial charge in [-0.05, 0) is 46.9 Å². The second-order valence-corrected chi connectivity index (χ2v) is 10.2. The third-order valence-electron chi connectivity index (χ3n) is 6.37. The molecule has 0 unspecified atom stereocenters. The highest BCUT2D eigenvalue weighted by Crippen LogP contribution is 2.37. The molecule has 1 aliphatic heterocycles. The van der Waals surface area contributed by atoms with Crippen LogP contribution in [0.1, 0.15) is 37.9 Å². The van der Waals surface area contributed by atoms with Crippen LogP contribution in [0, 0.1) is 27.2 Å². The van der Waals surface area contributed by atoms with E-state index in [9.17, 15) is 28.5 Å². The van der Waals surface area contributed by atoms with Crippen LogP contribution in [0.2, 0.25) is 0 Å². The second kappa shape index (κ2) is 11.0. The van der Waals surface area contributed by atoms with Crippen LogP contribution in [0.3, 0.4) is 0 Å². The molecule has 0 saturated heterocycles. The molecule has 0 radical (unpaired) electrons. The molecule has 1 heterocycles. The van der Waals surface area contributed by atoms with E-state index in [1.165, 1.54) is 29.2 Å². The molecular formula is C29H27F2N3O5. The number of nitrogens with zero attached hydrogens (tertiary/aromatic N) is 2. The number of benzene rings is 3. The Balaban J connectivity index is 1.61. The number of ether oxygens (including phenoxy) is 1. The Hall–Kier alpha value is -4.60. The van der Waals surface area contributed by atoms with Crippen molar-refractivity contribution in [3.8, 4) is 5.75 Å². The number of nitro groups is 1. The van der Waals surface area contributed by atoms with Gasteiger partial charge in [0.2, 0.25) is 5.91 Å². The first kappa shape index (κ1) is 27.4. The number of hydrogen-bond donors (Lipinski definition) is 1. The number of carbonyl (C=O) groups excluding carboxylic acids is 2. The minimum absolute atomic E-state index is 0.00950. The first-order valence-corrected chi connectivity index (χ1v) is 12.2. The predicted molar refractivity (Wildman–Crippen MR) is 141 cm³/mol. The van der Waals surface area contributed by atoms with Crippen LogP contribution in [-0.2, 0) is 4.79 Å². The van der Waals surface area contributed by atoms with Gasteiger partial charge in [0.15, 0.2) is 0 Å². The molecule has 0 aromatic heterocycles. The van der Waals surface area contributed by atoms with Gasteiger partial charge >= 0.3 is 6.09 Å². The maximum Gasteiger partial charge on any atom is 0.413 e. The van der Waals surface area contributed by atoms with E-state index in [4.69, 9.17) is 4.74 Å². The van der Waals surface area contributed by atoms with Gasteiger partial charge in [0.05, 0.1) is 11.0 Å². The lowest BCUT2D eigenvalue weighted by Gasteiger charge is -2.35. The number of nitrogens with one attached hydrogen (secondary N) is 1. The van der Waals surface area contributed by atoms with Crippen molar-refractivity contribution in [3.05, 3.63) is 112 Å². The molecule has 0 saturated carbocycles. The molecule has 1 aliphatic rings. The van der Waals surface area contributed by atoms with Gasteiger partial charge in [0.25, 0.3) is 5.69 Å². The average Bonchev–Trinajstić information content (AvgIpc) is 3.34. The lowest BCUT2D eigenvalue weighted by molar-refractivity contribution is -0.384. The van der Waals surface area contributed by atoms with E-state index in [1.807, 2.05) is 30.3 Å². The number of non-ortho nitro benzene ring substituents is 1. The largest absolute Gasteiger partial charge is 0.413 e. The molecule has 39 heavy (non-hydrogen) atoms. The SMILES string of the molecule is CC(C)(C)[C@H](NC(=O)Oc1ccc([N+](=O)[O-])cc1)C(=O)N1CC(c2cc(F)ccc2F)=C[C@H]1c1ccccc1. The molecule has 4 rings (SSSR count). The summed E-state index contributed by atoms with van der Waals surface area (Å²) in [5.41, 5.74) is 0.336. The fourth-order valence-electron chi connectivity index (χ4n) is 4.38. The summed E-state index contributed by atoms with van der Waals surface area (Å²) in [6.07, 6.45) is 0.803. The van der Waals surface area contributed by atoms with Gasteiger partial charge in [-0.1, -0.05) is 57.2 Å². The van der Waals surface area contributed by atoms with Crippen molar-refractivity contribution in [1.82, 2.24) is 10.2 Å². The molecule has 10 heteroatoms. The molecule has 0 spiro atoms. The normalized spacial score (nSPS) is 15.9. The Labute approximate surface area is 224 Å². The molecule has 2 amide bonds. The topological polar surface area (TPSA) is 102 Å². The third kappa shape index (κ3) is 6.28. The van der Waals surface area contributed by atoms with Gasteiger partial charge in [0, 0.05) is 24.2 Å². The van der Waals surface area contributed by atoms with Crippen LogP contribution in [0.4, 0.5) is 19.3 Å². The minimum atomic E-state index is -1.06. The molecule has 3 aromatic rings. The Kier molecular flexibility index (Phi) is 7.75. The minimum Gasteiger partial charge on any atom is -0.410 e. The summed E-state index contributed by atoms with van der Waals surface area (Å²) in [4.78, 5) is 38.6. The zero-order valence-corrected chi connectivity index (χ0v) is 21.6. The van der Waals surface area contributed by atoms with E-state index < -0.39 is 46.1 Å². The summed E-state index contributed by atoms with van der Waals surface area (Å²) in [6, 6.07) is 15.6. The van der Waals surface area contributed by atoms with Crippen molar-refractivity contribution in [2.24, 2.45) is 5.41 Å². The van der Waals surface area contributed by atoms with Crippen LogP contribution in [0.25, 0.3) is 5.57 Å². The first-order chi connectivity index (χ1) is 18.4. The quantitative estimate of drug-likeness (QED) is 0.306. The highest BCUT2D eigenvalue weighted by Gasteiger charge is 2.41. The van der Waals surface area contributed by atoms with Crippen LogP contribution in [0.5, 0.6) is 5.75 Å². The van der Waals surface area contributed by atoms with E-state index in [-0.39, 0.29) is 23.5 Å². The molecule has 0 aliphatic carbocycles. The Morgan fingerprint density at radius 2 is 1.72 bits per heavy atom. The van der Waals surface area contributed by atoms with Gasteiger partial charge in [-0.2, -0.15) is 0 Å². The molecule has 3 aromatic carbocycles. The lowest BCUT2D eigenvalue weighted by atomic mass is 9.85. The molecule has 202 valence electrons. The van der Waals surface area contributed by atoms with Crippen molar-refractivity contribution in [2.75, 3.05) is 6.54 Å². The van der Waals surface area contributed by atoms with Gasteiger partial charge in [-0.3, -0.25) is 14.9 Å². The molecule has 8 nitrogen and oxygen atoms in total. The Morgan fingerprint density at radius 3 is 2.33 bits per heavy atom. The highest BCUT2D eigenvalue weighted by atomic mass is 19.1. The van der Waals surface area contributed by atoms with Gasteiger partial charge < -0.3 is 15.0 Å². The number of hydrogen-bond acceptors (Lipinski definition) is 5. The highest BCUT2D eigenvalue weighted by molar-refractivity contribution is 5.90. The lowest BCUT2D eigenvalue weighted by Crippen LogP contribution is -2.55. The van der Waals surface area contributed by atoms with E-state index in [1.54, 1.807) is 26.8 Å². The maximum atomic E-state index is 14.7. The monoisotopic (exact) mass is 535 g/mol. The van der Waals surface area contributed by atoms with E-state index in [0.29, 0.717) is 5.57 Å². The average molecular weight is 536 g/mol. The van der Waals surface area contributed by atoms with Crippen molar-refractivity contribution in [1.29, 1.82) is 0 Å². The van der Waals surface area contributed by atoms with Crippen LogP contribution >= 0.6 is 0 Å². The second-order valence-electron chi connectivity index (χ2n) is 10.2. The first-order valence-electron chi connectivity index (χ1n) is 12.2. The van der Waals surface area contributed by atoms with Crippen molar-refractivity contribution in [2.45, 2.75) is 32.9 Å². The summed E-state index contributed by atoms with van der Waals surface area (Å²) in [7, 11) is 0. The standard InChI is InChI=1S/C29H27F2N3O5/c1-29(2,3)26(32-28(36)39-22-12-10-21(11-13-22)34(37)38)27(35)33-17-19(23-16-20(30)9-14-24(23)31)15-25(33)18-7-5-4-6-8-18/h4-16,25-26H,17H2,1-3H3,(H,32,36)/t25-,26+/m0/s1. The summed E-state index contributed by atoms with van der Waals surface area (Å²) in [5.74, 6) is -1.59. The fraction of sp³-hybridized carbons (Fsp3) is 0.241. The smallest absolute Gasteiger partial charge is 0.410 e. The summed E-state index contributed by atoms with van der Waals surface area (Å²) < 4.78 is 33.9. The number of carbonyl (C=O) groups is 2.